The summed E-state index contributed by atoms with van der Waals surface area (Å²) in [5.41, 5.74) is 0. The molecule has 14 heavy (non-hydrogen) atoms. The Hall–Kier alpha value is -0.120. The molecular weight excluding hydrogens is 178 g/mol. The number of hydrogen-bond donors (Lipinski definition) is 1. The van der Waals surface area contributed by atoms with Crippen LogP contribution in [0, 0.1) is 5.92 Å². The summed E-state index contributed by atoms with van der Waals surface area (Å²) >= 11 is 0. The Labute approximate surface area is 88.2 Å². The first-order chi connectivity index (χ1) is 6.76. The Kier molecular flexibility index (Phi) is 9.35. The van der Waals surface area contributed by atoms with E-state index in [-0.39, 0.29) is 0 Å². The Morgan fingerprint density at radius 3 is 2.43 bits per heavy atom. The Bertz CT molecular complexity index is 120. The minimum absolute atomic E-state index is 0.539. The number of ether oxygens (including phenoxy) is 2. The monoisotopic (exact) mass is 203 g/mol. The molecule has 0 saturated heterocycles. The summed E-state index contributed by atoms with van der Waals surface area (Å²) in [6.07, 6.45) is 2.18. The van der Waals surface area contributed by atoms with Gasteiger partial charge in [0, 0.05) is 33.0 Å². The van der Waals surface area contributed by atoms with Crippen molar-refractivity contribution in [2.24, 2.45) is 5.92 Å². The molecule has 0 aromatic rings. The molecule has 3 nitrogen and oxygen atoms in total. The maximum absolute atomic E-state index is 5.35. The fourth-order valence-electron chi connectivity index (χ4n) is 1.57. The maximum Gasteiger partial charge on any atom is 0.0480 e. The zero-order valence-corrected chi connectivity index (χ0v) is 10.0. The van der Waals surface area contributed by atoms with E-state index in [0.717, 1.165) is 32.7 Å². The van der Waals surface area contributed by atoms with Gasteiger partial charge in [0.25, 0.3) is 0 Å². The van der Waals surface area contributed by atoms with Crippen LogP contribution in [-0.4, -0.2) is 40.0 Å². The molecule has 0 aliphatic carbocycles. The van der Waals surface area contributed by atoms with Gasteiger partial charge in [-0.25, -0.2) is 0 Å². The summed E-state index contributed by atoms with van der Waals surface area (Å²) in [6, 6.07) is 0.539. The Balaban J connectivity index is 3.62. The molecule has 0 aromatic heterocycles. The lowest BCUT2D eigenvalue weighted by Crippen LogP contribution is -2.33. The third kappa shape index (κ3) is 6.35. The number of nitrogens with one attached hydrogen (secondary N) is 1. The summed E-state index contributed by atoms with van der Waals surface area (Å²) in [5.74, 6) is 0.639. The topological polar surface area (TPSA) is 30.5 Å². The lowest BCUT2D eigenvalue weighted by atomic mass is 9.96. The highest BCUT2D eigenvalue weighted by molar-refractivity contribution is 4.71. The van der Waals surface area contributed by atoms with Gasteiger partial charge in [0.05, 0.1) is 0 Å². The molecule has 2 unspecified atom stereocenters. The summed E-state index contributed by atoms with van der Waals surface area (Å²) in [4.78, 5) is 0. The highest BCUT2D eigenvalue weighted by Gasteiger charge is 2.14. The van der Waals surface area contributed by atoms with Crippen LogP contribution in [0.1, 0.15) is 26.7 Å². The highest BCUT2D eigenvalue weighted by Crippen LogP contribution is 2.11. The van der Waals surface area contributed by atoms with Crippen LogP contribution in [0.5, 0.6) is 0 Å². The number of methoxy groups -OCH3 is 1. The molecule has 0 bridgehead atoms. The van der Waals surface area contributed by atoms with Crippen molar-refractivity contribution in [3.63, 3.8) is 0 Å². The predicted molar refractivity (Wildman–Crippen MR) is 59.6 cm³/mol. The van der Waals surface area contributed by atoms with E-state index in [0.29, 0.717) is 12.0 Å². The summed E-state index contributed by atoms with van der Waals surface area (Å²) in [7, 11) is 3.77. The van der Waals surface area contributed by atoms with Gasteiger partial charge in [-0.1, -0.05) is 6.92 Å². The molecule has 0 amide bonds. The molecule has 0 heterocycles. The highest BCUT2D eigenvalue weighted by atomic mass is 16.5. The van der Waals surface area contributed by atoms with Crippen LogP contribution < -0.4 is 5.32 Å². The smallest absolute Gasteiger partial charge is 0.0480 e. The van der Waals surface area contributed by atoms with E-state index < -0.39 is 0 Å². The normalized spacial score (nSPS) is 15.4. The Morgan fingerprint density at radius 1 is 1.21 bits per heavy atom. The molecule has 0 aliphatic rings. The van der Waals surface area contributed by atoms with Crippen LogP contribution in [0.15, 0.2) is 0 Å². The van der Waals surface area contributed by atoms with Crippen molar-refractivity contribution >= 4 is 0 Å². The molecule has 0 rings (SSSR count). The van der Waals surface area contributed by atoms with Crippen LogP contribution in [0.2, 0.25) is 0 Å². The van der Waals surface area contributed by atoms with Crippen LogP contribution >= 0.6 is 0 Å². The SMILES string of the molecule is CCOCCC(NC)C(C)CCOC. The van der Waals surface area contributed by atoms with E-state index in [4.69, 9.17) is 9.47 Å². The van der Waals surface area contributed by atoms with Crippen molar-refractivity contribution in [2.75, 3.05) is 34.0 Å². The molecule has 86 valence electrons. The second-order valence-corrected chi connectivity index (χ2v) is 3.64. The first kappa shape index (κ1) is 13.9. The van der Waals surface area contributed by atoms with Gasteiger partial charge < -0.3 is 14.8 Å². The zero-order chi connectivity index (χ0) is 10.8. The van der Waals surface area contributed by atoms with Gasteiger partial charge in [0.15, 0.2) is 0 Å². The third-order valence-electron chi connectivity index (χ3n) is 2.61. The molecule has 2 atom stereocenters. The van der Waals surface area contributed by atoms with Crippen molar-refractivity contribution in [1.82, 2.24) is 5.32 Å². The quantitative estimate of drug-likeness (QED) is 0.578. The van der Waals surface area contributed by atoms with Crippen molar-refractivity contribution < 1.29 is 9.47 Å². The number of rotatable bonds is 9. The number of hydrogen-bond acceptors (Lipinski definition) is 3. The second-order valence-electron chi connectivity index (χ2n) is 3.64. The second kappa shape index (κ2) is 9.44. The molecule has 0 radical (unpaired) electrons. The van der Waals surface area contributed by atoms with Crippen LogP contribution in [0.4, 0.5) is 0 Å². The van der Waals surface area contributed by atoms with Crippen LogP contribution in [0.25, 0.3) is 0 Å². The van der Waals surface area contributed by atoms with Crippen molar-refractivity contribution in [3.05, 3.63) is 0 Å². The summed E-state index contributed by atoms with van der Waals surface area (Å²) in [5, 5.41) is 3.33. The van der Waals surface area contributed by atoms with Gasteiger partial charge in [-0.05, 0) is 32.7 Å². The fourth-order valence-corrected chi connectivity index (χ4v) is 1.57. The van der Waals surface area contributed by atoms with Crippen molar-refractivity contribution in [1.29, 1.82) is 0 Å². The van der Waals surface area contributed by atoms with Gasteiger partial charge in [-0.15, -0.1) is 0 Å². The molecule has 1 N–H and O–H groups in total. The van der Waals surface area contributed by atoms with E-state index >= 15 is 0 Å². The van der Waals surface area contributed by atoms with Gasteiger partial charge in [0.2, 0.25) is 0 Å². The lowest BCUT2D eigenvalue weighted by molar-refractivity contribution is 0.123. The van der Waals surface area contributed by atoms with E-state index in [2.05, 4.69) is 12.2 Å². The molecule has 0 spiro atoms. The van der Waals surface area contributed by atoms with Crippen molar-refractivity contribution in [2.45, 2.75) is 32.7 Å². The van der Waals surface area contributed by atoms with Gasteiger partial charge in [0.1, 0.15) is 0 Å². The van der Waals surface area contributed by atoms with Gasteiger partial charge >= 0.3 is 0 Å². The van der Waals surface area contributed by atoms with Gasteiger partial charge in [-0.2, -0.15) is 0 Å². The Morgan fingerprint density at radius 2 is 1.93 bits per heavy atom. The third-order valence-corrected chi connectivity index (χ3v) is 2.61. The molecular formula is C11H25NO2. The molecule has 0 aromatic carbocycles. The zero-order valence-electron chi connectivity index (χ0n) is 10.0. The van der Waals surface area contributed by atoms with E-state index in [1.165, 1.54) is 0 Å². The average molecular weight is 203 g/mol. The maximum atomic E-state index is 5.35. The molecule has 0 fully saturated rings. The first-order valence-corrected chi connectivity index (χ1v) is 5.50. The molecule has 3 heteroatoms. The average Bonchev–Trinajstić information content (AvgIpc) is 2.21. The van der Waals surface area contributed by atoms with Crippen LogP contribution in [0.3, 0.4) is 0 Å². The lowest BCUT2D eigenvalue weighted by Gasteiger charge is -2.23. The largest absolute Gasteiger partial charge is 0.385 e. The van der Waals surface area contributed by atoms with E-state index in [9.17, 15) is 0 Å². The predicted octanol–water partition coefficient (Wildman–Crippen LogP) is 1.67. The van der Waals surface area contributed by atoms with Gasteiger partial charge in [-0.3, -0.25) is 0 Å². The van der Waals surface area contributed by atoms with Crippen LogP contribution in [-0.2, 0) is 9.47 Å². The fraction of sp³-hybridized carbons (Fsp3) is 1.00. The first-order valence-electron chi connectivity index (χ1n) is 5.50. The standard InChI is InChI=1S/C11H25NO2/c1-5-14-9-7-11(12-3)10(2)6-8-13-4/h10-12H,5-9H2,1-4H3. The van der Waals surface area contributed by atoms with E-state index in [1.807, 2.05) is 14.0 Å². The summed E-state index contributed by atoms with van der Waals surface area (Å²) in [6.45, 7) is 6.78. The van der Waals surface area contributed by atoms with Crippen molar-refractivity contribution in [3.8, 4) is 0 Å². The summed E-state index contributed by atoms with van der Waals surface area (Å²) < 4.78 is 10.4. The molecule has 0 aliphatic heterocycles. The van der Waals surface area contributed by atoms with E-state index in [1.54, 1.807) is 7.11 Å². The minimum Gasteiger partial charge on any atom is -0.385 e. The molecule has 0 saturated carbocycles. The minimum atomic E-state index is 0.539.